The summed E-state index contributed by atoms with van der Waals surface area (Å²) in [6, 6.07) is 10.8. The van der Waals surface area contributed by atoms with Crippen LogP contribution in [0.15, 0.2) is 61.3 Å². The van der Waals surface area contributed by atoms with Crippen molar-refractivity contribution in [3.05, 3.63) is 72.4 Å². The molecule has 2 aromatic heterocycles. The van der Waals surface area contributed by atoms with Crippen LogP contribution in [0.4, 0.5) is 0 Å². The van der Waals surface area contributed by atoms with Gasteiger partial charge in [-0.2, -0.15) is 0 Å². The van der Waals surface area contributed by atoms with Crippen LogP contribution >= 0.6 is 0 Å². The number of amides is 1. The highest BCUT2D eigenvalue weighted by atomic mass is 16.5. The Morgan fingerprint density at radius 1 is 1.25 bits per heavy atom. The van der Waals surface area contributed by atoms with E-state index < -0.39 is 0 Å². The van der Waals surface area contributed by atoms with Crippen LogP contribution in [0.3, 0.4) is 0 Å². The molecule has 1 saturated carbocycles. The van der Waals surface area contributed by atoms with Gasteiger partial charge in [-0.25, -0.2) is 9.97 Å². The third-order valence-corrected chi connectivity index (χ3v) is 5.17. The normalized spacial score (nSPS) is 19.5. The van der Waals surface area contributed by atoms with E-state index in [-0.39, 0.29) is 24.0 Å². The van der Waals surface area contributed by atoms with Gasteiger partial charge in [0.2, 0.25) is 5.88 Å². The molecule has 1 amide bonds. The van der Waals surface area contributed by atoms with Crippen molar-refractivity contribution in [1.29, 1.82) is 0 Å². The quantitative estimate of drug-likeness (QED) is 0.688. The summed E-state index contributed by atoms with van der Waals surface area (Å²) in [5.74, 6) is 0.552. The first kappa shape index (κ1) is 18.2. The molecule has 7 heteroatoms. The second-order valence-corrected chi connectivity index (χ2v) is 6.99. The molecule has 1 fully saturated rings. The van der Waals surface area contributed by atoms with Crippen molar-refractivity contribution in [2.45, 2.75) is 25.0 Å². The minimum atomic E-state index is -0.301. The highest BCUT2D eigenvalue weighted by Crippen LogP contribution is 2.38. The van der Waals surface area contributed by atoms with Gasteiger partial charge in [0.05, 0.1) is 25.6 Å². The molecule has 4 rings (SSSR count). The summed E-state index contributed by atoms with van der Waals surface area (Å²) in [7, 11) is 1.57. The van der Waals surface area contributed by atoms with Crippen molar-refractivity contribution in [3.8, 4) is 11.6 Å². The molecule has 1 aromatic carbocycles. The van der Waals surface area contributed by atoms with Gasteiger partial charge >= 0.3 is 0 Å². The van der Waals surface area contributed by atoms with Crippen molar-refractivity contribution in [2.75, 3.05) is 7.11 Å². The minimum Gasteiger partial charge on any atom is -0.481 e. The fraction of sp³-hybridized carbons (Fsp3) is 0.286. The van der Waals surface area contributed by atoms with E-state index in [2.05, 4.69) is 15.3 Å². The van der Waals surface area contributed by atoms with E-state index >= 15 is 0 Å². The lowest BCUT2D eigenvalue weighted by Gasteiger charge is -2.38. The maximum atomic E-state index is 12.8. The third kappa shape index (κ3) is 3.75. The number of hydrogen-bond acceptors (Lipinski definition) is 5. The Bertz CT molecular complexity index is 917. The molecule has 0 spiro atoms. The van der Waals surface area contributed by atoms with Crippen LogP contribution in [0.2, 0.25) is 0 Å². The lowest BCUT2D eigenvalue weighted by atomic mass is 9.75. The van der Waals surface area contributed by atoms with Gasteiger partial charge in [0.1, 0.15) is 0 Å². The summed E-state index contributed by atoms with van der Waals surface area (Å²) in [6.07, 6.45) is 8.02. The molecule has 2 heterocycles. The molecular weight excluding hydrogens is 356 g/mol. The van der Waals surface area contributed by atoms with Gasteiger partial charge in [-0.05, 0) is 48.6 Å². The Hall–Kier alpha value is -3.19. The van der Waals surface area contributed by atoms with Crippen molar-refractivity contribution in [2.24, 2.45) is 5.92 Å². The monoisotopic (exact) mass is 378 g/mol. The first-order valence-corrected chi connectivity index (χ1v) is 9.21. The van der Waals surface area contributed by atoms with Gasteiger partial charge in [-0.1, -0.05) is 6.07 Å². The summed E-state index contributed by atoms with van der Waals surface area (Å²) in [5, 5.41) is 12.8. The highest BCUT2D eigenvalue weighted by molar-refractivity contribution is 5.94. The lowest BCUT2D eigenvalue weighted by Crippen LogP contribution is -2.41. The largest absolute Gasteiger partial charge is 0.481 e. The number of aromatic nitrogens is 3. The van der Waals surface area contributed by atoms with E-state index in [9.17, 15) is 9.90 Å². The molecule has 0 unspecified atom stereocenters. The van der Waals surface area contributed by atoms with E-state index in [0.717, 1.165) is 11.3 Å². The average molecular weight is 378 g/mol. The number of carbonyl (C=O) groups is 1. The van der Waals surface area contributed by atoms with Crippen molar-refractivity contribution < 1.29 is 14.6 Å². The second-order valence-electron chi connectivity index (χ2n) is 6.99. The molecule has 1 aliphatic carbocycles. The number of carbonyl (C=O) groups excluding carboxylic acids is 1. The summed E-state index contributed by atoms with van der Waals surface area (Å²) in [6.45, 7) is 0. The van der Waals surface area contributed by atoms with E-state index in [1.807, 2.05) is 29.0 Å². The number of methoxy groups -OCH3 is 1. The topological polar surface area (TPSA) is 89.3 Å². The van der Waals surface area contributed by atoms with Gasteiger partial charge in [-0.15, -0.1) is 0 Å². The number of ether oxygens (including phenoxy) is 1. The molecule has 2 N–H and O–H groups in total. The zero-order valence-electron chi connectivity index (χ0n) is 15.5. The summed E-state index contributed by atoms with van der Waals surface area (Å²) in [5.41, 5.74) is 2.42. The first-order valence-electron chi connectivity index (χ1n) is 9.21. The van der Waals surface area contributed by atoms with Crippen LogP contribution < -0.4 is 10.1 Å². The van der Waals surface area contributed by atoms with E-state index in [4.69, 9.17) is 4.74 Å². The highest BCUT2D eigenvalue weighted by Gasteiger charge is 2.36. The number of benzene rings is 1. The van der Waals surface area contributed by atoms with Crippen LogP contribution in [0.1, 0.15) is 34.8 Å². The maximum absolute atomic E-state index is 12.8. The number of nitrogens with zero attached hydrogens (tertiary/aromatic N) is 3. The molecular formula is C21H22N4O3. The molecule has 0 saturated heterocycles. The van der Waals surface area contributed by atoms with Crippen molar-refractivity contribution >= 4 is 5.91 Å². The van der Waals surface area contributed by atoms with Crippen LogP contribution in [-0.2, 0) is 0 Å². The van der Waals surface area contributed by atoms with Crippen molar-refractivity contribution in [3.63, 3.8) is 0 Å². The van der Waals surface area contributed by atoms with Gasteiger partial charge in [0.25, 0.3) is 5.91 Å². The molecule has 3 aromatic rings. The fourth-order valence-corrected chi connectivity index (χ4v) is 3.49. The molecule has 28 heavy (non-hydrogen) atoms. The Morgan fingerprint density at radius 2 is 2.04 bits per heavy atom. The average Bonchev–Trinajstić information content (AvgIpc) is 3.25. The predicted octanol–water partition coefficient (Wildman–Crippen LogP) is 2.52. The number of aliphatic hydroxyl groups excluding tert-OH is 1. The number of imidazole rings is 1. The number of aliphatic hydroxyl groups is 1. The minimum absolute atomic E-state index is 0.153. The van der Waals surface area contributed by atoms with Gasteiger partial charge in [0, 0.05) is 35.9 Å². The first-order chi connectivity index (χ1) is 13.6. The summed E-state index contributed by atoms with van der Waals surface area (Å²) < 4.78 is 6.99. The summed E-state index contributed by atoms with van der Waals surface area (Å²) >= 11 is 0. The number of pyridine rings is 1. The Morgan fingerprint density at radius 3 is 2.61 bits per heavy atom. The lowest BCUT2D eigenvalue weighted by molar-refractivity contribution is 0.0234. The van der Waals surface area contributed by atoms with E-state index in [1.165, 1.54) is 0 Å². The van der Waals surface area contributed by atoms with Gasteiger partial charge in [-0.3, -0.25) is 4.79 Å². The zero-order valence-corrected chi connectivity index (χ0v) is 15.5. The Labute approximate surface area is 163 Å². The number of nitrogens with one attached hydrogen (secondary N) is 1. The number of hydrogen-bond donors (Lipinski definition) is 2. The Balaban J connectivity index is 1.51. The van der Waals surface area contributed by atoms with Crippen molar-refractivity contribution in [1.82, 2.24) is 19.9 Å². The van der Waals surface area contributed by atoms with Gasteiger partial charge in [0.15, 0.2) is 0 Å². The van der Waals surface area contributed by atoms with Gasteiger partial charge < -0.3 is 19.7 Å². The van der Waals surface area contributed by atoms with E-state index in [1.54, 1.807) is 44.0 Å². The molecule has 0 radical (unpaired) electrons. The Kier molecular flexibility index (Phi) is 5.08. The molecule has 0 aliphatic heterocycles. The predicted molar refractivity (Wildman–Crippen MR) is 103 cm³/mol. The van der Waals surface area contributed by atoms with Crippen LogP contribution in [-0.4, -0.2) is 38.8 Å². The fourth-order valence-electron chi connectivity index (χ4n) is 3.49. The van der Waals surface area contributed by atoms with E-state index in [0.29, 0.717) is 24.3 Å². The van der Waals surface area contributed by atoms with Crippen LogP contribution in [0, 0.1) is 5.92 Å². The van der Waals surface area contributed by atoms with Crippen LogP contribution in [0.25, 0.3) is 5.69 Å². The second kappa shape index (κ2) is 7.82. The molecule has 1 aliphatic rings. The maximum Gasteiger partial charge on any atom is 0.251 e. The molecule has 0 bridgehead atoms. The third-order valence-electron chi connectivity index (χ3n) is 5.17. The zero-order chi connectivity index (χ0) is 19.5. The molecule has 144 valence electrons. The summed E-state index contributed by atoms with van der Waals surface area (Å²) in [4.78, 5) is 21.1. The molecule has 1 atom stereocenters. The standard InChI is InChI=1S/C21H22N4O3/c1-28-19-7-4-15(12-23-19)20(16-10-18(26)11-16)24-21(27)14-2-5-17(6-3-14)25-9-8-22-13-25/h2-9,12-13,16,18,20,26H,10-11H2,1H3,(H,24,27)/t16?,18?,20-/m1/s1. The number of rotatable bonds is 6. The molecule has 7 nitrogen and oxygen atoms in total. The SMILES string of the molecule is COc1ccc([C@@H](NC(=O)c2ccc(-n3ccnc3)cc2)C2CC(O)C2)cn1. The van der Waals surface area contributed by atoms with Crippen LogP contribution in [0.5, 0.6) is 5.88 Å². The smallest absolute Gasteiger partial charge is 0.251 e.